The molecule has 0 saturated carbocycles. The maximum absolute atomic E-state index is 10.4. The summed E-state index contributed by atoms with van der Waals surface area (Å²) in [5.41, 5.74) is 0. The van der Waals surface area contributed by atoms with Crippen molar-refractivity contribution in [2.45, 2.75) is 82.4 Å². The van der Waals surface area contributed by atoms with Crippen molar-refractivity contribution in [2.24, 2.45) is 0 Å². The maximum atomic E-state index is 10.4. The molecule has 0 bridgehead atoms. The Morgan fingerprint density at radius 3 is 2.54 bits per heavy atom. The van der Waals surface area contributed by atoms with Gasteiger partial charge in [0.25, 0.3) is 0 Å². The molecule has 6 nitrogen and oxygen atoms in total. The van der Waals surface area contributed by atoms with Crippen LogP contribution in [0.5, 0.6) is 0 Å². The number of allylic oxidation sites excluding steroid dienone is 4. The van der Waals surface area contributed by atoms with E-state index >= 15 is 0 Å². The van der Waals surface area contributed by atoms with Crippen molar-refractivity contribution < 1.29 is 30.0 Å². The molecule has 5 atom stereocenters. The van der Waals surface area contributed by atoms with Crippen LogP contribution in [-0.4, -0.2) is 56.9 Å². The second-order valence-electron chi connectivity index (χ2n) is 6.92. The van der Waals surface area contributed by atoms with Crippen molar-refractivity contribution in [1.29, 1.82) is 0 Å². The van der Waals surface area contributed by atoms with Gasteiger partial charge >= 0.3 is 5.97 Å². The number of carboxylic acid groups (broad SMARTS) is 1. The molecule has 6 heteroatoms. The highest BCUT2D eigenvalue weighted by atomic mass is 16.5. The van der Waals surface area contributed by atoms with E-state index in [0.29, 0.717) is 32.1 Å². The lowest BCUT2D eigenvalue weighted by Crippen LogP contribution is -2.25. The smallest absolute Gasteiger partial charge is 0.303 e. The first kappa shape index (κ1) is 24.3. The molecule has 1 aliphatic heterocycles. The highest BCUT2D eigenvalue weighted by Crippen LogP contribution is 2.25. The van der Waals surface area contributed by atoms with E-state index in [1.165, 1.54) is 0 Å². The summed E-state index contributed by atoms with van der Waals surface area (Å²) in [6.45, 7) is 2.03. The molecule has 1 heterocycles. The fourth-order valence-corrected chi connectivity index (χ4v) is 2.84. The summed E-state index contributed by atoms with van der Waals surface area (Å²) in [6, 6.07) is 0. The van der Waals surface area contributed by atoms with Gasteiger partial charge in [0.05, 0.1) is 24.4 Å². The van der Waals surface area contributed by atoms with Crippen LogP contribution in [0.25, 0.3) is 0 Å². The highest BCUT2D eigenvalue weighted by molar-refractivity contribution is 5.66. The van der Waals surface area contributed by atoms with Crippen LogP contribution < -0.4 is 0 Å². The normalized spacial score (nSPS) is 25.5. The van der Waals surface area contributed by atoms with Crippen molar-refractivity contribution in [1.82, 2.24) is 0 Å². The Labute approximate surface area is 167 Å². The lowest BCUT2D eigenvalue weighted by molar-refractivity contribution is -0.136. The molecule has 0 aliphatic carbocycles. The Hall–Kier alpha value is -1.73. The second-order valence-corrected chi connectivity index (χ2v) is 6.92. The quantitative estimate of drug-likeness (QED) is 0.358. The average molecular weight is 395 g/mol. The third kappa shape index (κ3) is 10.6. The van der Waals surface area contributed by atoms with E-state index in [2.05, 4.69) is 0 Å². The molecule has 0 aromatic rings. The van der Waals surface area contributed by atoms with Crippen LogP contribution in [0.2, 0.25) is 0 Å². The van der Waals surface area contributed by atoms with Crippen molar-refractivity contribution in [2.75, 3.05) is 0 Å². The fraction of sp³-hybridized carbons (Fsp3) is 0.591. The monoisotopic (exact) mass is 394 g/mol. The first-order valence-corrected chi connectivity index (χ1v) is 9.98. The Balaban J connectivity index is 2.31. The number of aliphatic hydroxyl groups is 3. The van der Waals surface area contributed by atoms with E-state index in [-0.39, 0.29) is 6.42 Å². The molecule has 1 saturated heterocycles. The fourth-order valence-electron chi connectivity index (χ4n) is 2.84. The van der Waals surface area contributed by atoms with Crippen molar-refractivity contribution in [3.05, 3.63) is 48.6 Å². The van der Waals surface area contributed by atoms with E-state index < -0.39 is 36.5 Å². The van der Waals surface area contributed by atoms with Crippen molar-refractivity contribution in [3.63, 3.8) is 0 Å². The van der Waals surface area contributed by atoms with Gasteiger partial charge in [0.1, 0.15) is 6.10 Å². The minimum atomic E-state index is -0.807. The summed E-state index contributed by atoms with van der Waals surface area (Å²) in [5.74, 6) is -0.807. The van der Waals surface area contributed by atoms with Crippen LogP contribution in [0.1, 0.15) is 51.9 Å². The zero-order chi connectivity index (χ0) is 20.8. The van der Waals surface area contributed by atoms with Crippen LogP contribution in [-0.2, 0) is 9.53 Å². The van der Waals surface area contributed by atoms with Gasteiger partial charge in [0.15, 0.2) is 0 Å². The van der Waals surface area contributed by atoms with Gasteiger partial charge in [-0.15, -0.1) is 0 Å². The van der Waals surface area contributed by atoms with Gasteiger partial charge in [0, 0.05) is 12.8 Å². The molecule has 0 aromatic carbocycles. The van der Waals surface area contributed by atoms with Gasteiger partial charge in [-0.25, -0.2) is 0 Å². The van der Waals surface area contributed by atoms with E-state index in [4.69, 9.17) is 9.84 Å². The summed E-state index contributed by atoms with van der Waals surface area (Å²) in [6.07, 6.45) is 15.2. The predicted octanol–water partition coefficient (Wildman–Crippen LogP) is 2.90. The summed E-state index contributed by atoms with van der Waals surface area (Å²) < 4.78 is 5.72. The third-order valence-corrected chi connectivity index (χ3v) is 4.42. The molecule has 28 heavy (non-hydrogen) atoms. The molecular formula is C22H34O6. The minimum Gasteiger partial charge on any atom is -0.481 e. The summed E-state index contributed by atoms with van der Waals surface area (Å²) >= 11 is 0. The maximum Gasteiger partial charge on any atom is 0.303 e. The van der Waals surface area contributed by atoms with Crippen LogP contribution in [0.15, 0.2) is 48.6 Å². The molecule has 4 N–H and O–H groups in total. The number of hydrogen-bond acceptors (Lipinski definition) is 5. The summed E-state index contributed by atoms with van der Waals surface area (Å²) in [7, 11) is 0. The van der Waals surface area contributed by atoms with Gasteiger partial charge in [-0.3, -0.25) is 4.79 Å². The number of aliphatic carboxylic acids is 1. The molecule has 0 spiro atoms. The molecule has 1 fully saturated rings. The lowest BCUT2D eigenvalue weighted by Gasteiger charge is -2.16. The highest BCUT2D eigenvalue weighted by Gasteiger charge is 2.35. The largest absolute Gasteiger partial charge is 0.481 e. The van der Waals surface area contributed by atoms with E-state index in [1.54, 1.807) is 12.2 Å². The van der Waals surface area contributed by atoms with Gasteiger partial charge in [0.2, 0.25) is 0 Å². The van der Waals surface area contributed by atoms with Crippen molar-refractivity contribution >= 4 is 5.97 Å². The Bertz CT molecular complexity index is 551. The summed E-state index contributed by atoms with van der Waals surface area (Å²) in [4.78, 5) is 10.4. The number of rotatable bonds is 13. The molecule has 0 radical (unpaired) electrons. The second kappa shape index (κ2) is 14.3. The Morgan fingerprint density at radius 2 is 1.82 bits per heavy atom. The van der Waals surface area contributed by atoms with Crippen molar-refractivity contribution in [3.8, 4) is 0 Å². The predicted molar refractivity (Wildman–Crippen MR) is 109 cm³/mol. The van der Waals surface area contributed by atoms with Crippen LogP contribution in [0.4, 0.5) is 0 Å². The van der Waals surface area contributed by atoms with Crippen LogP contribution >= 0.6 is 0 Å². The van der Waals surface area contributed by atoms with Gasteiger partial charge in [-0.1, -0.05) is 55.5 Å². The Kier molecular flexibility index (Phi) is 12.4. The zero-order valence-electron chi connectivity index (χ0n) is 16.6. The van der Waals surface area contributed by atoms with Gasteiger partial charge in [-0.2, -0.15) is 0 Å². The molecule has 0 aromatic heterocycles. The molecule has 0 unspecified atom stereocenters. The third-order valence-electron chi connectivity index (χ3n) is 4.42. The first-order chi connectivity index (χ1) is 13.4. The van der Waals surface area contributed by atoms with Crippen LogP contribution in [0, 0.1) is 0 Å². The Morgan fingerprint density at radius 1 is 1.11 bits per heavy atom. The first-order valence-electron chi connectivity index (χ1n) is 9.98. The number of carbonyl (C=O) groups is 1. The molecular weight excluding hydrogens is 360 g/mol. The average Bonchev–Trinajstić information content (AvgIpc) is 3.03. The SMILES string of the molecule is CC/C=C\C[C@H](O)/C=C/[C@@H]1O[C@H]([C@@H](O)C/C=C\C/C=C\CCC(=O)O)C[C@H]1O. The van der Waals surface area contributed by atoms with Gasteiger partial charge < -0.3 is 25.2 Å². The lowest BCUT2D eigenvalue weighted by atomic mass is 10.0. The minimum absolute atomic E-state index is 0.127. The van der Waals surface area contributed by atoms with E-state index in [9.17, 15) is 20.1 Å². The van der Waals surface area contributed by atoms with E-state index in [1.807, 2.05) is 43.4 Å². The number of carboxylic acids is 1. The number of hydrogen-bond donors (Lipinski definition) is 4. The molecule has 1 aliphatic rings. The topological polar surface area (TPSA) is 107 Å². The number of aliphatic hydroxyl groups excluding tert-OH is 3. The zero-order valence-corrected chi connectivity index (χ0v) is 16.6. The number of ether oxygens (including phenoxy) is 1. The molecule has 1 rings (SSSR count). The van der Waals surface area contributed by atoms with E-state index in [0.717, 1.165) is 6.42 Å². The van der Waals surface area contributed by atoms with Crippen LogP contribution in [0.3, 0.4) is 0 Å². The van der Waals surface area contributed by atoms with Gasteiger partial charge in [-0.05, 0) is 32.1 Å². The molecule has 158 valence electrons. The summed E-state index contributed by atoms with van der Waals surface area (Å²) in [5, 5.41) is 38.8. The standard InChI is InChI=1S/C22H34O6/c1-2-3-8-11-17(23)14-15-20-19(25)16-21(28-20)18(24)12-9-6-4-5-7-10-13-22(26)27/h3,5-9,14-15,17-21,23-25H,2,4,10-13,16H2,1H3,(H,26,27)/b7-5-,8-3-,9-6-,15-14+/t17-,18-,19+,20-,21-/m0/s1. The molecule has 0 amide bonds.